The predicted molar refractivity (Wildman–Crippen MR) is 320 cm³/mol. The molecule has 15 fully saturated rings. The van der Waals surface area contributed by atoms with Crippen molar-refractivity contribution in [3.8, 4) is 0 Å². The molecule has 25 atom stereocenters. The van der Waals surface area contributed by atoms with Crippen molar-refractivity contribution in [3.63, 3.8) is 0 Å². The van der Waals surface area contributed by atoms with Crippen molar-refractivity contribution < 1.29 is 115 Å². The average molecular weight is 1340 g/mol. The van der Waals surface area contributed by atoms with Crippen LogP contribution in [0.25, 0.3) is 0 Å². The fourth-order valence-corrected chi connectivity index (χ4v) is 18.7. The average Bonchev–Trinajstić information content (AvgIpc) is 1.25. The SMILES string of the molecule is C[C@H]1[C@H](OC(=O)CCC(=O)OCC(COC(=O)CCC(=O)O[C@@H]2OC3O[C@@]4(C)CC[C@H]5[C@H](C)CC[C@@](C)([C@H]2C)[C@@]35OO4)(NCc2cccc(Cl)c2)OC(=O)CCC(=O)O[C@@H]2O[C@@H]3O[C@]4(C)CC[C@H]5[C@H](C)CC[C@@H]([C@H]2C)[C@@]35OO4)O[C@@H]2O[C@@]3(C)CC[C@H]4[C@H](C)CC[C@@H]1[C@@]24OO3. The highest BCUT2D eigenvalue weighted by atomic mass is 35.5. The number of carbonyl (C=O) groups is 6. The molecule has 0 radical (unpaired) electrons. The van der Waals surface area contributed by atoms with Gasteiger partial charge in [0.25, 0.3) is 0 Å². The molecule has 2 unspecified atom stereocenters. The summed E-state index contributed by atoms with van der Waals surface area (Å²) in [4.78, 5) is 120. The second kappa shape index (κ2) is 25.8. The van der Waals surface area contributed by atoms with Gasteiger partial charge in [0.05, 0.1) is 38.5 Å². The van der Waals surface area contributed by atoms with Gasteiger partial charge in [0.15, 0.2) is 35.7 Å². The number of nitrogens with one attached hydrogen (secondary N) is 1. The van der Waals surface area contributed by atoms with Crippen molar-refractivity contribution in [2.75, 3.05) is 13.2 Å². The highest BCUT2D eigenvalue weighted by Gasteiger charge is 2.76. The van der Waals surface area contributed by atoms with E-state index in [-0.39, 0.29) is 53.9 Å². The molecule has 12 heterocycles. The first-order valence-corrected chi connectivity index (χ1v) is 34.7. The Kier molecular flexibility index (Phi) is 18.8. The highest BCUT2D eigenvalue weighted by Crippen LogP contribution is 2.67. The zero-order valence-corrected chi connectivity index (χ0v) is 56.4. The van der Waals surface area contributed by atoms with Crippen LogP contribution in [0.1, 0.15) is 190 Å². The van der Waals surface area contributed by atoms with E-state index in [1.165, 1.54) is 0 Å². The Morgan fingerprint density at radius 1 is 0.500 bits per heavy atom. The van der Waals surface area contributed by atoms with E-state index in [1.807, 2.05) is 20.8 Å². The second-order valence-corrected chi connectivity index (χ2v) is 30.6. The van der Waals surface area contributed by atoms with Gasteiger partial charge in [-0.15, -0.1) is 0 Å². The molecule has 3 saturated carbocycles. The van der Waals surface area contributed by atoms with Crippen LogP contribution in [-0.4, -0.2) is 127 Å². The molecule has 0 amide bonds. The van der Waals surface area contributed by atoms with E-state index in [0.717, 1.165) is 57.8 Å². The predicted octanol–water partition coefficient (Wildman–Crippen LogP) is 9.74. The van der Waals surface area contributed by atoms with Gasteiger partial charge in [-0.05, 0) is 132 Å². The minimum Gasteiger partial charge on any atom is -0.460 e. The van der Waals surface area contributed by atoms with Gasteiger partial charge < -0.3 is 56.8 Å². The molecule has 0 aromatic heterocycles. The van der Waals surface area contributed by atoms with Crippen LogP contribution in [0.2, 0.25) is 5.02 Å². The van der Waals surface area contributed by atoms with E-state index in [4.69, 9.17) is 97.8 Å². The van der Waals surface area contributed by atoms with Crippen LogP contribution in [-0.2, 0) is 121 Å². The monoisotopic (exact) mass is 1340 g/mol. The molecule has 1 N–H and O–H groups in total. The topological polar surface area (TPSA) is 281 Å². The number of benzene rings is 1. The van der Waals surface area contributed by atoms with Crippen molar-refractivity contribution in [2.24, 2.45) is 70.5 Å². The lowest BCUT2D eigenvalue weighted by Crippen LogP contribution is -2.74. The Balaban J connectivity index is 0.681. The molecule has 522 valence electrons. The first-order chi connectivity index (χ1) is 44.6. The first-order valence-electron chi connectivity index (χ1n) is 34.4. The minimum atomic E-state index is -2.17. The van der Waals surface area contributed by atoms with Crippen molar-refractivity contribution in [1.82, 2.24) is 5.32 Å². The number of fused-ring (bicyclic) bond motifs is 6. The summed E-state index contributed by atoms with van der Waals surface area (Å²) in [6.07, 6.45) is 0.552. The quantitative estimate of drug-likeness (QED) is 0.0550. The summed E-state index contributed by atoms with van der Waals surface area (Å²) in [5, 5.41) is 3.50. The summed E-state index contributed by atoms with van der Waals surface area (Å²) < 4.78 is 74.6. The maximum absolute atomic E-state index is 14.3. The number of hydrogen-bond acceptors (Lipinski definition) is 25. The third kappa shape index (κ3) is 12.2. The summed E-state index contributed by atoms with van der Waals surface area (Å²) in [7, 11) is 0. The fraction of sp³-hybridized carbons (Fsp3) is 0.824. The number of carbonyl (C=O) groups excluding carboxylic acids is 6. The van der Waals surface area contributed by atoms with E-state index >= 15 is 0 Å². The van der Waals surface area contributed by atoms with Gasteiger partial charge in [-0.25, -0.2) is 29.3 Å². The molecule has 3 spiro atoms. The minimum absolute atomic E-state index is 0.0583. The molecule has 1 aromatic carbocycles. The van der Waals surface area contributed by atoms with E-state index in [9.17, 15) is 28.8 Å². The van der Waals surface area contributed by atoms with Crippen LogP contribution in [0.4, 0.5) is 0 Å². The molecule has 25 nitrogen and oxygen atoms in total. The van der Waals surface area contributed by atoms with E-state index in [1.54, 1.807) is 45.0 Å². The van der Waals surface area contributed by atoms with Gasteiger partial charge in [0.1, 0.15) is 13.2 Å². The zero-order valence-electron chi connectivity index (χ0n) is 55.6. The molecular formula is C68H94ClNO24. The Labute approximate surface area is 553 Å². The Hall–Kier alpha value is -4.19. The Morgan fingerprint density at radius 2 is 0.947 bits per heavy atom. The van der Waals surface area contributed by atoms with Crippen LogP contribution in [0.3, 0.4) is 0 Å². The lowest BCUT2D eigenvalue weighted by atomic mass is 9.50. The fourth-order valence-electron chi connectivity index (χ4n) is 18.4. The molecule has 1 aromatic rings. The van der Waals surface area contributed by atoms with Gasteiger partial charge in [-0.2, -0.15) is 0 Å². The van der Waals surface area contributed by atoms with Crippen LogP contribution < -0.4 is 5.32 Å². The Bertz CT molecular complexity index is 3050. The number of hydrogen-bond donors (Lipinski definition) is 1. The molecule has 94 heavy (non-hydrogen) atoms. The molecule has 15 aliphatic rings. The zero-order chi connectivity index (χ0) is 66.5. The number of halogens is 1. The number of rotatable bonds is 20. The number of ether oxygens (including phenoxy) is 12. The third-order valence-corrected chi connectivity index (χ3v) is 24.4. The van der Waals surface area contributed by atoms with Crippen molar-refractivity contribution in [3.05, 3.63) is 34.9 Å². The van der Waals surface area contributed by atoms with Gasteiger partial charge in [-0.1, -0.05) is 72.2 Å². The molecule has 3 aliphatic carbocycles. The van der Waals surface area contributed by atoms with Crippen molar-refractivity contribution in [2.45, 2.75) is 269 Å². The summed E-state index contributed by atoms with van der Waals surface area (Å²) >= 11 is 6.42. The van der Waals surface area contributed by atoms with E-state index in [2.05, 4.69) is 33.0 Å². The molecule has 16 rings (SSSR count). The van der Waals surface area contributed by atoms with Gasteiger partial charge in [0, 0.05) is 65.8 Å². The molecular weight excluding hydrogens is 1250 g/mol. The summed E-state index contributed by atoms with van der Waals surface area (Å²) in [5.74, 6) is -8.44. The Morgan fingerprint density at radius 3 is 1.47 bits per heavy atom. The van der Waals surface area contributed by atoms with Crippen LogP contribution >= 0.6 is 11.6 Å². The molecule has 6 bridgehead atoms. The van der Waals surface area contributed by atoms with E-state index in [0.29, 0.717) is 47.6 Å². The van der Waals surface area contributed by atoms with Crippen molar-refractivity contribution in [1.29, 1.82) is 0 Å². The third-order valence-electron chi connectivity index (χ3n) is 24.2. The normalized spacial score (nSPS) is 45.1. The summed E-state index contributed by atoms with van der Waals surface area (Å²) in [5.41, 5.74) is -4.91. The molecule has 12 aliphatic heterocycles. The van der Waals surface area contributed by atoms with E-state index < -0.39 is 171 Å². The van der Waals surface area contributed by atoms with Crippen molar-refractivity contribution >= 4 is 47.4 Å². The second-order valence-electron chi connectivity index (χ2n) is 30.2. The standard InChI is InChI=1S/C68H94ClNO24/c1-36-14-16-47-39(4)55(82-58-66(47)44(36)25-29-62(8,86-58)89-92-66)79-51(73)20-18-49(71)77-34-65(70-33-42-12-11-13-43(69)32-42,85-54(76)23-22-52(74)80-56-40(5)48-17-15-37(2)45-26-30-63(9)87-59(83-56)67(45,48)93-90-63)35-78-50(72)19-21-53(75)81-57-41(6)61(7)28-24-38(3)46-27-31-64(10)88-60(84-57)68(46,61)94-91-64/h11-13,32,36-41,44-48,55-60,70H,14-31,33-35H2,1-10H3/t36-,37-,38-,39-,40-,41+,44+,45+,46+,47+,48+,55-,56-,57-,58-,59-,60?,61+,62-,63+,64-,65?,66-,67-,68+/m1/s1. The first kappa shape index (κ1) is 68.3. The van der Waals surface area contributed by atoms with Gasteiger partial charge >= 0.3 is 35.8 Å². The molecule has 26 heteroatoms. The van der Waals surface area contributed by atoms with Gasteiger partial charge in [0.2, 0.25) is 42.0 Å². The lowest BCUT2D eigenvalue weighted by molar-refractivity contribution is -0.586. The van der Waals surface area contributed by atoms with Crippen LogP contribution in [0.5, 0.6) is 0 Å². The maximum Gasteiger partial charge on any atom is 0.308 e. The maximum atomic E-state index is 14.3. The summed E-state index contributed by atoms with van der Waals surface area (Å²) in [6, 6.07) is 6.75. The smallest absolute Gasteiger partial charge is 0.308 e. The highest BCUT2D eigenvalue weighted by molar-refractivity contribution is 6.30. The van der Waals surface area contributed by atoms with Gasteiger partial charge in [-0.3, -0.25) is 34.1 Å². The lowest BCUT2D eigenvalue weighted by Gasteiger charge is -2.65. The molecule has 12 saturated heterocycles. The van der Waals surface area contributed by atoms with Crippen LogP contribution in [0.15, 0.2) is 24.3 Å². The van der Waals surface area contributed by atoms with Crippen LogP contribution in [0, 0.1) is 70.5 Å². The summed E-state index contributed by atoms with van der Waals surface area (Å²) in [6.45, 7) is 18.3. The largest absolute Gasteiger partial charge is 0.460 e. The number of esters is 6.